The summed E-state index contributed by atoms with van der Waals surface area (Å²) in [5.41, 5.74) is 2.01. The highest BCUT2D eigenvalue weighted by Gasteiger charge is 2.43. The molecular formula is C14H15NO4. The molecule has 2 aliphatic heterocycles. The van der Waals surface area contributed by atoms with Gasteiger partial charge in [-0.1, -0.05) is 12.1 Å². The molecule has 1 aromatic carbocycles. The topological polar surface area (TPSA) is 66.8 Å². The van der Waals surface area contributed by atoms with E-state index in [1.54, 1.807) is 11.9 Å². The van der Waals surface area contributed by atoms with Crippen LogP contribution in [0.15, 0.2) is 18.2 Å². The Balaban J connectivity index is 1.97. The van der Waals surface area contributed by atoms with Gasteiger partial charge >= 0.3 is 5.97 Å². The summed E-state index contributed by atoms with van der Waals surface area (Å²) in [5, 5.41) is 9.01. The summed E-state index contributed by atoms with van der Waals surface area (Å²) < 4.78 is 5.55. The lowest BCUT2D eigenvalue weighted by Crippen LogP contribution is -2.42. The van der Waals surface area contributed by atoms with Gasteiger partial charge in [0.25, 0.3) is 0 Å². The van der Waals surface area contributed by atoms with Crippen LogP contribution in [0.5, 0.6) is 0 Å². The highest BCUT2D eigenvalue weighted by atomic mass is 16.5. The zero-order valence-electron chi connectivity index (χ0n) is 10.7. The summed E-state index contributed by atoms with van der Waals surface area (Å²) in [6.45, 7) is 0.587. The molecule has 1 saturated heterocycles. The van der Waals surface area contributed by atoms with Crippen molar-refractivity contribution in [2.45, 2.75) is 24.9 Å². The van der Waals surface area contributed by atoms with Crippen molar-refractivity contribution in [3.8, 4) is 0 Å². The van der Waals surface area contributed by atoms with Crippen molar-refractivity contribution in [3.63, 3.8) is 0 Å². The summed E-state index contributed by atoms with van der Waals surface area (Å²) in [6, 6.07) is 5.66. The maximum Gasteiger partial charge on any atom is 0.306 e. The lowest BCUT2D eigenvalue weighted by Gasteiger charge is -2.41. The first-order valence-electron chi connectivity index (χ1n) is 6.27. The second kappa shape index (κ2) is 4.06. The van der Waals surface area contributed by atoms with Crippen LogP contribution in [0.4, 0.5) is 5.69 Å². The molecule has 1 N–H and O–H groups in total. The number of nitrogens with zero attached hydrogens (tertiary/aromatic N) is 1. The summed E-state index contributed by atoms with van der Waals surface area (Å²) in [7, 11) is 1.75. The van der Waals surface area contributed by atoms with Crippen molar-refractivity contribution in [3.05, 3.63) is 29.3 Å². The Labute approximate surface area is 110 Å². The maximum atomic E-state index is 11.7. The minimum atomic E-state index is -0.867. The molecule has 0 bridgehead atoms. The standard InChI is InChI=1S/C14H15NO4/c1-15-11-3-2-10(6-9(11)7-12(15)16)14(4-5-19-14)8-13(17)18/h2-3,6H,4-5,7-8H2,1H3,(H,17,18). The number of carboxylic acid groups (broad SMARTS) is 1. The monoisotopic (exact) mass is 261 g/mol. The van der Waals surface area contributed by atoms with E-state index in [-0.39, 0.29) is 12.3 Å². The van der Waals surface area contributed by atoms with Gasteiger partial charge in [0, 0.05) is 19.2 Å². The number of anilines is 1. The average Bonchev–Trinajstić information content (AvgIpc) is 2.59. The molecular weight excluding hydrogens is 246 g/mol. The zero-order chi connectivity index (χ0) is 13.6. The third-order valence-corrected chi connectivity index (χ3v) is 4.00. The van der Waals surface area contributed by atoms with Crippen LogP contribution < -0.4 is 4.90 Å². The minimum Gasteiger partial charge on any atom is -0.481 e. The summed E-state index contributed by atoms with van der Waals surface area (Å²) >= 11 is 0. The molecule has 1 fully saturated rings. The van der Waals surface area contributed by atoms with Gasteiger partial charge in [0.2, 0.25) is 5.91 Å². The van der Waals surface area contributed by atoms with E-state index < -0.39 is 11.6 Å². The van der Waals surface area contributed by atoms with Crippen molar-refractivity contribution < 1.29 is 19.4 Å². The molecule has 0 aromatic heterocycles. The van der Waals surface area contributed by atoms with Crippen LogP contribution in [-0.2, 0) is 26.3 Å². The van der Waals surface area contributed by atoms with E-state index in [4.69, 9.17) is 9.84 Å². The molecule has 100 valence electrons. The van der Waals surface area contributed by atoms with Crippen molar-refractivity contribution in [1.82, 2.24) is 0 Å². The van der Waals surface area contributed by atoms with Crippen LogP contribution in [-0.4, -0.2) is 30.6 Å². The van der Waals surface area contributed by atoms with Crippen LogP contribution in [0.25, 0.3) is 0 Å². The van der Waals surface area contributed by atoms with Crippen molar-refractivity contribution in [2.75, 3.05) is 18.6 Å². The van der Waals surface area contributed by atoms with Gasteiger partial charge in [0.05, 0.1) is 19.4 Å². The van der Waals surface area contributed by atoms with Crippen LogP contribution in [0.1, 0.15) is 24.0 Å². The van der Waals surface area contributed by atoms with Gasteiger partial charge in [-0.3, -0.25) is 9.59 Å². The first-order valence-corrected chi connectivity index (χ1v) is 6.27. The highest BCUT2D eigenvalue weighted by Crippen LogP contribution is 2.42. The van der Waals surface area contributed by atoms with E-state index in [9.17, 15) is 9.59 Å². The number of hydrogen-bond donors (Lipinski definition) is 1. The van der Waals surface area contributed by atoms with E-state index >= 15 is 0 Å². The Morgan fingerprint density at radius 3 is 2.84 bits per heavy atom. The van der Waals surface area contributed by atoms with Crippen molar-refractivity contribution in [1.29, 1.82) is 0 Å². The van der Waals surface area contributed by atoms with Gasteiger partial charge in [-0.2, -0.15) is 0 Å². The van der Waals surface area contributed by atoms with Crippen molar-refractivity contribution in [2.24, 2.45) is 0 Å². The van der Waals surface area contributed by atoms with Gasteiger partial charge in [-0.05, 0) is 17.2 Å². The number of carboxylic acids is 1. The fraction of sp³-hybridized carbons (Fsp3) is 0.429. The van der Waals surface area contributed by atoms with Gasteiger partial charge in [0.15, 0.2) is 0 Å². The molecule has 2 aliphatic rings. The number of benzene rings is 1. The lowest BCUT2D eigenvalue weighted by molar-refractivity contribution is -0.176. The number of ether oxygens (including phenoxy) is 1. The highest BCUT2D eigenvalue weighted by molar-refractivity contribution is 6.01. The molecule has 5 nitrogen and oxygen atoms in total. The zero-order valence-corrected chi connectivity index (χ0v) is 10.7. The third kappa shape index (κ3) is 1.81. The third-order valence-electron chi connectivity index (χ3n) is 4.00. The number of carbonyl (C=O) groups is 2. The average molecular weight is 261 g/mol. The van der Waals surface area contributed by atoms with Crippen LogP contribution >= 0.6 is 0 Å². The van der Waals surface area contributed by atoms with Crippen molar-refractivity contribution >= 4 is 17.6 Å². The van der Waals surface area contributed by atoms with E-state index in [1.807, 2.05) is 18.2 Å². The molecule has 1 aromatic rings. The Morgan fingerprint density at radius 1 is 1.53 bits per heavy atom. The molecule has 0 aliphatic carbocycles. The minimum absolute atomic E-state index is 0.0322. The Kier molecular flexibility index (Phi) is 2.60. The Morgan fingerprint density at radius 2 is 2.26 bits per heavy atom. The number of rotatable bonds is 3. The molecule has 5 heteroatoms. The Hall–Kier alpha value is -1.88. The van der Waals surface area contributed by atoms with Crippen LogP contribution in [0, 0.1) is 0 Å². The number of amides is 1. The number of likely N-dealkylation sites (N-methyl/N-ethyl adjacent to an activating group) is 1. The molecule has 0 spiro atoms. The Bertz CT molecular complexity index is 563. The largest absolute Gasteiger partial charge is 0.481 e. The van der Waals surface area contributed by atoms with Gasteiger partial charge in [-0.15, -0.1) is 0 Å². The second-order valence-corrected chi connectivity index (χ2v) is 5.14. The number of fused-ring (bicyclic) bond motifs is 1. The lowest BCUT2D eigenvalue weighted by atomic mass is 9.82. The predicted octanol–water partition coefficient (Wildman–Crippen LogP) is 1.30. The summed E-state index contributed by atoms with van der Waals surface area (Å²) in [4.78, 5) is 24.3. The smallest absolute Gasteiger partial charge is 0.306 e. The SMILES string of the molecule is CN1C(=O)Cc2cc(C3(CC(=O)O)CCO3)ccc21. The van der Waals surface area contributed by atoms with Gasteiger partial charge in [-0.25, -0.2) is 0 Å². The fourth-order valence-electron chi connectivity index (χ4n) is 2.82. The van der Waals surface area contributed by atoms with E-state index in [2.05, 4.69) is 0 Å². The van der Waals surface area contributed by atoms with Gasteiger partial charge < -0.3 is 14.7 Å². The first kappa shape index (κ1) is 12.2. The van der Waals surface area contributed by atoms with E-state index in [0.717, 1.165) is 16.8 Å². The molecule has 1 atom stereocenters. The van der Waals surface area contributed by atoms with E-state index in [0.29, 0.717) is 19.4 Å². The van der Waals surface area contributed by atoms with E-state index in [1.165, 1.54) is 0 Å². The molecule has 1 unspecified atom stereocenters. The van der Waals surface area contributed by atoms with Crippen LogP contribution in [0.2, 0.25) is 0 Å². The normalized spacial score (nSPS) is 25.1. The fourth-order valence-corrected chi connectivity index (χ4v) is 2.82. The molecule has 3 rings (SSSR count). The molecule has 2 heterocycles. The summed E-state index contributed by atoms with van der Waals surface area (Å²) in [5.74, 6) is -0.803. The van der Waals surface area contributed by atoms with Gasteiger partial charge in [0.1, 0.15) is 5.60 Å². The number of hydrogen-bond acceptors (Lipinski definition) is 3. The molecule has 19 heavy (non-hydrogen) atoms. The molecule has 1 amide bonds. The molecule has 0 radical (unpaired) electrons. The quantitative estimate of drug-likeness (QED) is 0.890. The maximum absolute atomic E-state index is 11.7. The number of carbonyl (C=O) groups excluding carboxylic acids is 1. The predicted molar refractivity (Wildman–Crippen MR) is 68.1 cm³/mol. The summed E-state index contributed by atoms with van der Waals surface area (Å²) in [6.07, 6.45) is 1.06. The first-order chi connectivity index (χ1) is 9.02. The molecule has 0 saturated carbocycles. The number of aliphatic carboxylic acids is 1. The van der Waals surface area contributed by atoms with Crippen LogP contribution in [0.3, 0.4) is 0 Å². The second-order valence-electron chi connectivity index (χ2n) is 5.14.